The van der Waals surface area contributed by atoms with Gasteiger partial charge in [-0.15, -0.1) is 0 Å². The molecule has 3 aromatic rings. The Balaban J connectivity index is 2.15. The second-order valence-electron chi connectivity index (χ2n) is 5.12. The largest absolute Gasteiger partial charge is 0.302 e. The van der Waals surface area contributed by atoms with Gasteiger partial charge in [0.2, 0.25) is 0 Å². The average molecular weight is 294 g/mol. The van der Waals surface area contributed by atoms with Gasteiger partial charge in [0.05, 0.1) is 17.2 Å². The van der Waals surface area contributed by atoms with Crippen LogP contribution < -0.4 is 5.56 Å². The van der Waals surface area contributed by atoms with Gasteiger partial charge in [0.15, 0.2) is 0 Å². The molecule has 0 atom stereocenters. The zero-order chi connectivity index (χ0) is 15.7. The quantitative estimate of drug-likeness (QED) is 0.550. The molecule has 1 aromatic heterocycles. The van der Waals surface area contributed by atoms with E-state index in [4.69, 9.17) is 0 Å². The number of hydrogen-bond acceptors (Lipinski definition) is 3. The maximum absolute atomic E-state index is 12.1. The zero-order valence-electron chi connectivity index (χ0n) is 12.0. The second-order valence-corrected chi connectivity index (χ2v) is 5.12. The molecule has 1 heterocycles. The van der Waals surface area contributed by atoms with E-state index in [1.54, 1.807) is 6.92 Å². The maximum Gasteiger partial charge on any atom is 0.288 e. The summed E-state index contributed by atoms with van der Waals surface area (Å²) in [6, 6.07) is 16.3. The molecule has 0 aliphatic rings. The molecule has 0 fully saturated rings. The standard InChI is InChI=1S/C17H14N2O3/c1-12-16(19(21)22)9-10-17(20)18(12)11-14-7-4-6-13-5-2-3-8-15(13)14/h2-10H,11H2,1H3. The number of rotatable bonds is 3. The molecule has 0 saturated heterocycles. The van der Waals surface area contributed by atoms with Crippen LogP contribution in [0.1, 0.15) is 11.3 Å². The van der Waals surface area contributed by atoms with Crippen LogP contribution in [0.3, 0.4) is 0 Å². The molecule has 0 aliphatic heterocycles. The van der Waals surface area contributed by atoms with Gasteiger partial charge in [-0.05, 0) is 23.3 Å². The van der Waals surface area contributed by atoms with Crippen molar-refractivity contribution in [3.63, 3.8) is 0 Å². The van der Waals surface area contributed by atoms with E-state index in [-0.39, 0.29) is 11.2 Å². The van der Waals surface area contributed by atoms with Crippen LogP contribution in [-0.2, 0) is 6.54 Å². The monoisotopic (exact) mass is 294 g/mol. The molecule has 0 radical (unpaired) electrons. The van der Waals surface area contributed by atoms with E-state index in [1.165, 1.54) is 16.7 Å². The Labute approximate surface area is 126 Å². The lowest BCUT2D eigenvalue weighted by Crippen LogP contribution is -2.23. The van der Waals surface area contributed by atoms with Crippen LogP contribution >= 0.6 is 0 Å². The lowest BCUT2D eigenvalue weighted by molar-refractivity contribution is -0.386. The van der Waals surface area contributed by atoms with E-state index < -0.39 is 4.92 Å². The number of aromatic nitrogens is 1. The number of pyridine rings is 1. The van der Waals surface area contributed by atoms with E-state index in [9.17, 15) is 14.9 Å². The molecule has 2 aromatic carbocycles. The molecular formula is C17H14N2O3. The third-order valence-corrected chi connectivity index (χ3v) is 3.83. The van der Waals surface area contributed by atoms with Gasteiger partial charge >= 0.3 is 0 Å². The van der Waals surface area contributed by atoms with Crippen LogP contribution in [0.2, 0.25) is 0 Å². The molecule has 0 N–H and O–H groups in total. The van der Waals surface area contributed by atoms with E-state index in [1.807, 2.05) is 42.5 Å². The van der Waals surface area contributed by atoms with Crippen LogP contribution in [0.4, 0.5) is 5.69 Å². The smallest absolute Gasteiger partial charge is 0.288 e. The number of benzene rings is 2. The zero-order valence-corrected chi connectivity index (χ0v) is 12.0. The first-order valence-electron chi connectivity index (χ1n) is 6.89. The maximum atomic E-state index is 12.1. The van der Waals surface area contributed by atoms with E-state index in [2.05, 4.69) is 0 Å². The van der Waals surface area contributed by atoms with Crippen LogP contribution in [-0.4, -0.2) is 9.49 Å². The Morgan fingerprint density at radius 3 is 2.55 bits per heavy atom. The third kappa shape index (κ3) is 2.37. The van der Waals surface area contributed by atoms with Gasteiger partial charge in [-0.1, -0.05) is 42.5 Å². The average Bonchev–Trinajstić information content (AvgIpc) is 2.51. The number of nitro groups is 1. The van der Waals surface area contributed by atoms with Crippen molar-refractivity contribution in [3.05, 3.63) is 86.3 Å². The molecule has 5 heteroatoms. The highest BCUT2D eigenvalue weighted by Gasteiger charge is 2.15. The van der Waals surface area contributed by atoms with Crippen molar-refractivity contribution in [3.8, 4) is 0 Å². The normalized spacial score (nSPS) is 10.8. The Kier molecular flexibility index (Phi) is 3.47. The van der Waals surface area contributed by atoms with Crippen molar-refractivity contribution >= 4 is 16.5 Å². The van der Waals surface area contributed by atoms with E-state index >= 15 is 0 Å². The minimum absolute atomic E-state index is 0.0418. The Hall–Kier alpha value is -2.95. The van der Waals surface area contributed by atoms with Gasteiger partial charge < -0.3 is 4.57 Å². The first-order chi connectivity index (χ1) is 10.6. The van der Waals surface area contributed by atoms with E-state index in [0.717, 1.165) is 16.3 Å². The van der Waals surface area contributed by atoms with Crippen LogP contribution in [0.15, 0.2) is 59.4 Å². The highest BCUT2D eigenvalue weighted by Crippen LogP contribution is 2.21. The first kappa shape index (κ1) is 14.0. The van der Waals surface area contributed by atoms with E-state index in [0.29, 0.717) is 12.2 Å². The molecule has 110 valence electrons. The molecule has 0 aliphatic carbocycles. The SMILES string of the molecule is Cc1c([N+](=O)[O-])ccc(=O)n1Cc1cccc2ccccc12. The Morgan fingerprint density at radius 2 is 1.77 bits per heavy atom. The van der Waals surface area contributed by atoms with Gasteiger partial charge in [-0.3, -0.25) is 14.9 Å². The fourth-order valence-corrected chi connectivity index (χ4v) is 2.65. The van der Waals surface area contributed by atoms with Crippen molar-refractivity contribution < 1.29 is 4.92 Å². The summed E-state index contributed by atoms with van der Waals surface area (Å²) in [5, 5.41) is 13.2. The summed E-state index contributed by atoms with van der Waals surface area (Å²) in [6.45, 7) is 1.92. The molecule has 0 spiro atoms. The van der Waals surface area contributed by atoms with Crippen molar-refractivity contribution in [2.75, 3.05) is 0 Å². The predicted octanol–water partition coefficient (Wildman–Crippen LogP) is 3.27. The second kappa shape index (κ2) is 5.44. The van der Waals surface area contributed by atoms with Crippen molar-refractivity contribution in [2.24, 2.45) is 0 Å². The predicted molar refractivity (Wildman–Crippen MR) is 85.1 cm³/mol. The van der Waals surface area contributed by atoms with Crippen LogP contribution in [0.5, 0.6) is 0 Å². The number of fused-ring (bicyclic) bond motifs is 1. The highest BCUT2D eigenvalue weighted by molar-refractivity contribution is 5.85. The molecular weight excluding hydrogens is 280 g/mol. The first-order valence-corrected chi connectivity index (χ1v) is 6.89. The minimum Gasteiger partial charge on any atom is -0.302 e. The molecule has 22 heavy (non-hydrogen) atoms. The summed E-state index contributed by atoms with van der Waals surface area (Å²) < 4.78 is 1.44. The van der Waals surface area contributed by atoms with Crippen molar-refractivity contribution in [1.29, 1.82) is 0 Å². The lowest BCUT2D eigenvalue weighted by Gasteiger charge is -2.12. The summed E-state index contributed by atoms with van der Waals surface area (Å²) in [5.41, 5.74) is 1.05. The van der Waals surface area contributed by atoms with Gasteiger partial charge in [-0.2, -0.15) is 0 Å². The summed E-state index contributed by atoms with van der Waals surface area (Å²) in [6.07, 6.45) is 0. The summed E-state index contributed by atoms with van der Waals surface area (Å²) in [7, 11) is 0. The lowest BCUT2D eigenvalue weighted by atomic mass is 10.0. The van der Waals surface area contributed by atoms with Crippen LogP contribution in [0.25, 0.3) is 10.8 Å². The van der Waals surface area contributed by atoms with Crippen LogP contribution in [0, 0.1) is 17.0 Å². The van der Waals surface area contributed by atoms with Gasteiger partial charge in [0.1, 0.15) is 0 Å². The van der Waals surface area contributed by atoms with Crippen molar-refractivity contribution in [1.82, 2.24) is 4.57 Å². The Bertz CT molecular complexity index is 923. The summed E-state index contributed by atoms with van der Waals surface area (Å²) in [4.78, 5) is 22.7. The fourth-order valence-electron chi connectivity index (χ4n) is 2.65. The molecule has 5 nitrogen and oxygen atoms in total. The highest BCUT2D eigenvalue weighted by atomic mass is 16.6. The molecule has 0 amide bonds. The molecule has 0 saturated carbocycles. The summed E-state index contributed by atoms with van der Waals surface area (Å²) in [5.74, 6) is 0. The topological polar surface area (TPSA) is 65.1 Å². The van der Waals surface area contributed by atoms with Gasteiger partial charge in [0.25, 0.3) is 11.2 Å². The molecule has 0 unspecified atom stereocenters. The third-order valence-electron chi connectivity index (χ3n) is 3.83. The molecule has 3 rings (SSSR count). The number of hydrogen-bond donors (Lipinski definition) is 0. The Morgan fingerprint density at radius 1 is 1.05 bits per heavy atom. The van der Waals surface area contributed by atoms with Crippen molar-refractivity contribution in [2.45, 2.75) is 13.5 Å². The van der Waals surface area contributed by atoms with Gasteiger partial charge in [-0.25, -0.2) is 0 Å². The van der Waals surface area contributed by atoms with Gasteiger partial charge in [0, 0.05) is 12.1 Å². The minimum atomic E-state index is -0.464. The molecule has 0 bridgehead atoms. The fraction of sp³-hybridized carbons (Fsp3) is 0.118. The number of nitrogens with zero attached hydrogens (tertiary/aromatic N) is 2. The summed E-state index contributed by atoms with van der Waals surface area (Å²) >= 11 is 0.